The van der Waals surface area contributed by atoms with Gasteiger partial charge in [-0.2, -0.15) is 0 Å². The van der Waals surface area contributed by atoms with Crippen molar-refractivity contribution in [2.45, 2.75) is 26.2 Å². The van der Waals surface area contributed by atoms with E-state index in [9.17, 15) is 8.42 Å². The molecule has 8 heteroatoms. The monoisotopic (exact) mass is 397 g/mol. The van der Waals surface area contributed by atoms with Gasteiger partial charge in [-0.05, 0) is 49.6 Å². The number of aromatic amines is 1. The maximum Gasteiger partial charge on any atom is 0.211 e. The maximum absolute atomic E-state index is 11.8. The molecule has 1 aliphatic rings. The first kappa shape index (κ1) is 18.8. The minimum Gasteiger partial charge on any atom is -0.341 e. The highest BCUT2D eigenvalue weighted by Gasteiger charge is 2.29. The first-order valence-electron chi connectivity index (χ1n) is 9.21. The fraction of sp³-hybridized carbons (Fsp3) is 0.350. The number of hydrogen-bond acceptors (Lipinski definition) is 5. The Hall–Kier alpha value is -2.58. The number of nitrogens with zero attached hydrogens (tertiary/aromatic N) is 4. The van der Waals surface area contributed by atoms with E-state index in [1.54, 1.807) is 6.20 Å². The molecular formula is C20H23N5O2S. The van der Waals surface area contributed by atoms with Crippen LogP contribution < -0.4 is 0 Å². The van der Waals surface area contributed by atoms with Crippen molar-refractivity contribution in [2.24, 2.45) is 0 Å². The highest BCUT2D eigenvalue weighted by atomic mass is 32.2. The standard InChI is InChI=1S/C20H23N5O2S/c1-13-14(2)24-20(23-13)19-9-15(4-6-22-19)17-8-18(11-21-10-17)16-5-7-25(12-16)28(3,26)27/h4,6,8-11,16H,5,7,12H2,1-3H3,(H,23,24). The zero-order valence-corrected chi connectivity index (χ0v) is 17.0. The first-order chi connectivity index (χ1) is 13.3. The molecule has 1 fully saturated rings. The smallest absolute Gasteiger partial charge is 0.211 e. The van der Waals surface area contributed by atoms with Crippen molar-refractivity contribution < 1.29 is 8.42 Å². The van der Waals surface area contributed by atoms with Crippen LogP contribution >= 0.6 is 0 Å². The van der Waals surface area contributed by atoms with Crippen LogP contribution in [0.5, 0.6) is 0 Å². The van der Waals surface area contributed by atoms with E-state index in [-0.39, 0.29) is 5.92 Å². The quantitative estimate of drug-likeness (QED) is 0.731. The molecule has 28 heavy (non-hydrogen) atoms. The van der Waals surface area contributed by atoms with Crippen molar-refractivity contribution in [3.05, 3.63) is 53.7 Å². The van der Waals surface area contributed by atoms with Crippen LogP contribution in [0.25, 0.3) is 22.6 Å². The Morgan fingerprint density at radius 2 is 2.00 bits per heavy atom. The Kier molecular flexibility index (Phi) is 4.76. The summed E-state index contributed by atoms with van der Waals surface area (Å²) in [5.74, 6) is 0.916. The first-order valence-corrected chi connectivity index (χ1v) is 11.1. The molecule has 3 aromatic heterocycles. The average Bonchev–Trinajstić information content (AvgIpc) is 3.30. The van der Waals surface area contributed by atoms with E-state index >= 15 is 0 Å². The van der Waals surface area contributed by atoms with Crippen LogP contribution in [0.3, 0.4) is 0 Å². The number of imidazole rings is 1. The van der Waals surface area contributed by atoms with Crippen LogP contribution in [0.2, 0.25) is 0 Å². The number of hydrogen-bond donors (Lipinski definition) is 1. The lowest BCUT2D eigenvalue weighted by Crippen LogP contribution is -2.27. The predicted molar refractivity (Wildman–Crippen MR) is 108 cm³/mol. The number of pyridine rings is 2. The minimum absolute atomic E-state index is 0.166. The SMILES string of the molecule is Cc1nc(-c2cc(-c3cncc(C4CCN(S(C)(=O)=O)C4)c3)ccn2)[nH]c1C. The van der Waals surface area contributed by atoms with Crippen LogP contribution in [0.15, 0.2) is 36.8 Å². The van der Waals surface area contributed by atoms with Gasteiger partial charge in [0.05, 0.1) is 11.9 Å². The highest BCUT2D eigenvalue weighted by Crippen LogP contribution is 2.31. The van der Waals surface area contributed by atoms with Gasteiger partial charge in [-0.1, -0.05) is 0 Å². The van der Waals surface area contributed by atoms with Gasteiger partial charge in [0.2, 0.25) is 10.0 Å². The number of nitrogens with one attached hydrogen (secondary N) is 1. The van der Waals surface area contributed by atoms with E-state index in [0.29, 0.717) is 13.1 Å². The van der Waals surface area contributed by atoms with Gasteiger partial charge in [-0.25, -0.2) is 17.7 Å². The number of aromatic nitrogens is 4. The second-order valence-electron chi connectivity index (χ2n) is 7.34. The molecule has 0 amide bonds. The predicted octanol–water partition coefficient (Wildman–Crippen LogP) is 2.90. The zero-order valence-electron chi connectivity index (χ0n) is 16.2. The van der Waals surface area contributed by atoms with Crippen molar-refractivity contribution >= 4 is 10.0 Å². The van der Waals surface area contributed by atoms with Crippen molar-refractivity contribution in [2.75, 3.05) is 19.3 Å². The summed E-state index contributed by atoms with van der Waals surface area (Å²) in [5, 5.41) is 0. The van der Waals surface area contributed by atoms with E-state index in [1.807, 2.05) is 38.4 Å². The van der Waals surface area contributed by atoms with E-state index in [4.69, 9.17) is 0 Å². The van der Waals surface area contributed by atoms with Crippen molar-refractivity contribution in [1.82, 2.24) is 24.2 Å². The Balaban J connectivity index is 1.63. The summed E-state index contributed by atoms with van der Waals surface area (Å²) in [6, 6.07) is 6.04. The summed E-state index contributed by atoms with van der Waals surface area (Å²) in [4.78, 5) is 16.6. The molecule has 0 aromatic carbocycles. The number of aryl methyl sites for hydroxylation is 2. The fourth-order valence-corrected chi connectivity index (χ4v) is 4.44. The maximum atomic E-state index is 11.8. The molecule has 0 saturated carbocycles. The summed E-state index contributed by atoms with van der Waals surface area (Å²) in [5.41, 5.74) is 5.82. The molecule has 1 N–H and O–H groups in total. The fourth-order valence-electron chi connectivity index (χ4n) is 3.55. The molecule has 146 valence electrons. The van der Waals surface area contributed by atoms with Crippen LogP contribution in [-0.2, 0) is 10.0 Å². The summed E-state index contributed by atoms with van der Waals surface area (Å²) in [7, 11) is -3.15. The molecule has 0 radical (unpaired) electrons. The largest absolute Gasteiger partial charge is 0.341 e. The van der Waals surface area contributed by atoms with E-state index in [2.05, 4.69) is 26.0 Å². The van der Waals surface area contributed by atoms with Crippen LogP contribution in [-0.4, -0.2) is 52.0 Å². The molecule has 3 aromatic rings. The summed E-state index contributed by atoms with van der Waals surface area (Å²) < 4.78 is 25.1. The van der Waals surface area contributed by atoms with Gasteiger partial charge in [-0.15, -0.1) is 0 Å². The Morgan fingerprint density at radius 3 is 2.68 bits per heavy atom. The van der Waals surface area contributed by atoms with Gasteiger partial charge in [0.15, 0.2) is 5.82 Å². The second-order valence-corrected chi connectivity index (χ2v) is 9.32. The van der Waals surface area contributed by atoms with Gasteiger partial charge in [-0.3, -0.25) is 9.97 Å². The van der Waals surface area contributed by atoms with E-state index < -0.39 is 10.0 Å². The van der Waals surface area contributed by atoms with Crippen molar-refractivity contribution in [3.8, 4) is 22.6 Å². The normalized spacial score (nSPS) is 17.9. The van der Waals surface area contributed by atoms with Gasteiger partial charge >= 0.3 is 0 Å². The van der Waals surface area contributed by atoms with Gasteiger partial charge in [0.1, 0.15) is 5.69 Å². The molecule has 4 heterocycles. The number of sulfonamides is 1. The summed E-state index contributed by atoms with van der Waals surface area (Å²) in [6.45, 7) is 5.03. The van der Waals surface area contributed by atoms with Gasteiger partial charge < -0.3 is 4.98 Å². The third-order valence-corrected chi connectivity index (χ3v) is 6.58. The number of H-pyrrole nitrogens is 1. The molecule has 1 atom stereocenters. The molecule has 1 saturated heterocycles. The zero-order chi connectivity index (χ0) is 19.9. The Morgan fingerprint density at radius 1 is 1.18 bits per heavy atom. The third-order valence-electron chi connectivity index (χ3n) is 5.31. The lowest BCUT2D eigenvalue weighted by Gasteiger charge is -2.14. The van der Waals surface area contributed by atoms with E-state index in [1.165, 1.54) is 10.6 Å². The molecular weight excluding hydrogens is 374 g/mol. The van der Waals surface area contributed by atoms with Crippen LogP contribution in [0.1, 0.15) is 29.3 Å². The molecule has 7 nitrogen and oxygen atoms in total. The third kappa shape index (κ3) is 3.70. The van der Waals surface area contributed by atoms with Crippen molar-refractivity contribution in [1.29, 1.82) is 0 Å². The van der Waals surface area contributed by atoms with Crippen LogP contribution in [0, 0.1) is 13.8 Å². The summed E-state index contributed by atoms with van der Waals surface area (Å²) in [6.07, 6.45) is 7.50. The lowest BCUT2D eigenvalue weighted by atomic mass is 9.97. The molecule has 1 unspecified atom stereocenters. The van der Waals surface area contributed by atoms with Gasteiger partial charge in [0, 0.05) is 48.9 Å². The average molecular weight is 398 g/mol. The second kappa shape index (κ2) is 7.10. The molecule has 1 aliphatic heterocycles. The molecule has 0 spiro atoms. The Bertz CT molecular complexity index is 1100. The minimum atomic E-state index is -3.15. The van der Waals surface area contributed by atoms with Crippen LogP contribution in [0.4, 0.5) is 0 Å². The molecule has 0 bridgehead atoms. The highest BCUT2D eigenvalue weighted by molar-refractivity contribution is 7.88. The Labute approximate surface area is 164 Å². The van der Waals surface area contributed by atoms with E-state index in [0.717, 1.165) is 46.0 Å². The van der Waals surface area contributed by atoms with Gasteiger partial charge in [0.25, 0.3) is 0 Å². The summed E-state index contributed by atoms with van der Waals surface area (Å²) >= 11 is 0. The van der Waals surface area contributed by atoms with Crippen molar-refractivity contribution in [3.63, 3.8) is 0 Å². The number of rotatable bonds is 4. The lowest BCUT2D eigenvalue weighted by molar-refractivity contribution is 0.478. The molecule has 4 rings (SSSR count). The topological polar surface area (TPSA) is 91.8 Å². The molecule has 0 aliphatic carbocycles.